The fourth-order valence-corrected chi connectivity index (χ4v) is 2.38. The number of nitrogens with zero attached hydrogens (tertiary/aromatic N) is 2. The zero-order valence-electron chi connectivity index (χ0n) is 12.0. The second-order valence-electron chi connectivity index (χ2n) is 4.43. The SMILES string of the molecule is CNC(=O)c1c(C)nc(N)nc1COc1ccc(Cl)cc1Cl. The van der Waals surface area contributed by atoms with Crippen molar-refractivity contribution in [3.05, 3.63) is 45.2 Å². The van der Waals surface area contributed by atoms with Crippen molar-refractivity contribution in [2.75, 3.05) is 12.8 Å². The summed E-state index contributed by atoms with van der Waals surface area (Å²) in [5.74, 6) is 0.202. The van der Waals surface area contributed by atoms with E-state index in [2.05, 4.69) is 15.3 Å². The molecule has 1 amide bonds. The molecule has 0 fully saturated rings. The van der Waals surface area contributed by atoms with E-state index in [4.69, 9.17) is 33.7 Å². The molecular formula is C14H14Cl2N4O2. The Balaban J connectivity index is 2.30. The van der Waals surface area contributed by atoms with Crippen molar-refractivity contribution in [1.29, 1.82) is 0 Å². The van der Waals surface area contributed by atoms with Crippen LogP contribution in [-0.4, -0.2) is 22.9 Å². The molecule has 0 atom stereocenters. The third kappa shape index (κ3) is 3.58. The van der Waals surface area contributed by atoms with Crippen LogP contribution < -0.4 is 15.8 Å². The van der Waals surface area contributed by atoms with Crippen molar-refractivity contribution < 1.29 is 9.53 Å². The lowest BCUT2D eigenvalue weighted by Gasteiger charge is -2.13. The van der Waals surface area contributed by atoms with Gasteiger partial charge in [-0.05, 0) is 25.1 Å². The van der Waals surface area contributed by atoms with Gasteiger partial charge in [0.15, 0.2) is 0 Å². The van der Waals surface area contributed by atoms with Crippen LogP contribution >= 0.6 is 23.2 Å². The molecule has 8 heteroatoms. The topological polar surface area (TPSA) is 90.1 Å². The Labute approximate surface area is 137 Å². The van der Waals surface area contributed by atoms with E-state index in [1.54, 1.807) is 25.1 Å². The summed E-state index contributed by atoms with van der Waals surface area (Å²) in [6, 6.07) is 4.86. The van der Waals surface area contributed by atoms with Crippen molar-refractivity contribution in [1.82, 2.24) is 15.3 Å². The van der Waals surface area contributed by atoms with E-state index >= 15 is 0 Å². The summed E-state index contributed by atoms with van der Waals surface area (Å²) in [7, 11) is 1.53. The van der Waals surface area contributed by atoms with E-state index < -0.39 is 0 Å². The number of aryl methyl sites for hydroxylation is 1. The van der Waals surface area contributed by atoms with Crippen LogP contribution in [0.5, 0.6) is 5.75 Å². The van der Waals surface area contributed by atoms with Crippen molar-refractivity contribution in [2.24, 2.45) is 0 Å². The van der Waals surface area contributed by atoms with Gasteiger partial charge in [-0.2, -0.15) is 0 Å². The van der Waals surface area contributed by atoms with Crippen molar-refractivity contribution >= 4 is 35.1 Å². The first kappa shape index (κ1) is 16.3. The maximum Gasteiger partial charge on any atom is 0.254 e. The van der Waals surface area contributed by atoms with Gasteiger partial charge >= 0.3 is 0 Å². The summed E-state index contributed by atoms with van der Waals surface area (Å²) >= 11 is 11.9. The normalized spacial score (nSPS) is 10.4. The lowest BCUT2D eigenvalue weighted by molar-refractivity contribution is 0.0959. The maximum absolute atomic E-state index is 12.0. The minimum atomic E-state index is -0.307. The van der Waals surface area contributed by atoms with E-state index in [9.17, 15) is 4.79 Å². The fraction of sp³-hybridized carbons (Fsp3) is 0.214. The molecule has 0 aliphatic heterocycles. The predicted octanol–water partition coefficient (Wildman–Crippen LogP) is 2.61. The Kier molecular flexibility index (Phi) is 5.05. The smallest absolute Gasteiger partial charge is 0.254 e. The first-order valence-electron chi connectivity index (χ1n) is 6.35. The molecule has 1 aromatic carbocycles. The van der Waals surface area contributed by atoms with Gasteiger partial charge in [0.1, 0.15) is 12.4 Å². The van der Waals surface area contributed by atoms with Crippen LogP contribution in [0.25, 0.3) is 0 Å². The molecule has 0 bridgehead atoms. The molecule has 0 saturated carbocycles. The first-order valence-corrected chi connectivity index (χ1v) is 7.11. The summed E-state index contributed by atoms with van der Waals surface area (Å²) in [5, 5.41) is 3.41. The van der Waals surface area contributed by atoms with Crippen molar-refractivity contribution in [3.63, 3.8) is 0 Å². The lowest BCUT2D eigenvalue weighted by Crippen LogP contribution is -2.23. The summed E-state index contributed by atoms with van der Waals surface area (Å²) in [5.41, 5.74) is 6.83. The van der Waals surface area contributed by atoms with Crippen LogP contribution in [0.3, 0.4) is 0 Å². The molecule has 0 saturated heterocycles. The van der Waals surface area contributed by atoms with Crippen LogP contribution in [0.2, 0.25) is 10.0 Å². The van der Waals surface area contributed by atoms with Gasteiger partial charge in [0.2, 0.25) is 5.95 Å². The number of benzene rings is 1. The standard InChI is InChI=1S/C14H14Cl2N4O2/c1-7-12(13(21)18-2)10(20-14(17)19-7)6-22-11-4-3-8(15)5-9(11)16/h3-5H,6H2,1-2H3,(H,18,21)(H2,17,19,20). The fourth-order valence-electron chi connectivity index (χ4n) is 1.92. The summed E-state index contributed by atoms with van der Waals surface area (Å²) in [6.07, 6.45) is 0. The minimum absolute atomic E-state index is 0.0255. The summed E-state index contributed by atoms with van der Waals surface area (Å²) < 4.78 is 5.61. The molecular weight excluding hydrogens is 327 g/mol. The van der Waals surface area contributed by atoms with Gasteiger partial charge in [-0.15, -0.1) is 0 Å². The van der Waals surface area contributed by atoms with Crippen LogP contribution in [0.1, 0.15) is 21.7 Å². The minimum Gasteiger partial charge on any atom is -0.486 e. The third-order valence-electron chi connectivity index (χ3n) is 2.89. The van der Waals surface area contributed by atoms with Gasteiger partial charge in [-0.1, -0.05) is 23.2 Å². The van der Waals surface area contributed by atoms with Gasteiger partial charge in [0, 0.05) is 12.1 Å². The third-order valence-corrected chi connectivity index (χ3v) is 3.43. The highest BCUT2D eigenvalue weighted by Gasteiger charge is 2.18. The van der Waals surface area contributed by atoms with Crippen LogP contribution in [0, 0.1) is 6.92 Å². The highest BCUT2D eigenvalue weighted by atomic mass is 35.5. The van der Waals surface area contributed by atoms with E-state index in [1.165, 1.54) is 7.05 Å². The second kappa shape index (κ2) is 6.81. The molecule has 116 valence electrons. The number of nitrogen functional groups attached to an aromatic ring is 1. The quantitative estimate of drug-likeness (QED) is 0.892. The van der Waals surface area contributed by atoms with Gasteiger partial charge in [-0.25, -0.2) is 9.97 Å². The zero-order valence-corrected chi connectivity index (χ0v) is 13.5. The molecule has 6 nitrogen and oxygen atoms in total. The van der Waals surface area contributed by atoms with Crippen molar-refractivity contribution in [2.45, 2.75) is 13.5 Å². The number of hydrogen-bond donors (Lipinski definition) is 2. The largest absolute Gasteiger partial charge is 0.486 e. The number of anilines is 1. The summed E-state index contributed by atoms with van der Waals surface area (Å²) in [4.78, 5) is 20.0. The monoisotopic (exact) mass is 340 g/mol. The van der Waals surface area contributed by atoms with E-state index in [1.807, 2.05) is 0 Å². The number of ether oxygens (including phenoxy) is 1. The molecule has 2 aromatic rings. The average molecular weight is 341 g/mol. The van der Waals surface area contributed by atoms with Gasteiger partial charge in [-0.3, -0.25) is 4.79 Å². The first-order chi connectivity index (χ1) is 10.4. The Morgan fingerprint density at radius 3 is 2.73 bits per heavy atom. The molecule has 0 radical (unpaired) electrons. The van der Waals surface area contributed by atoms with Gasteiger partial charge in [0.05, 0.1) is 22.0 Å². The Morgan fingerprint density at radius 2 is 2.09 bits per heavy atom. The Hall–Kier alpha value is -2.05. The van der Waals surface area contributed by atoms with Crippen LogP contribution in [0.15, 0.2) is 18.2 Å². The van der Waals surface area contributed by atoms with E-state index in [0.29, 0.717) is 32.7 Å². The molecule has 0 spiro atoms. The number of rotatable bonds is 4. The van der Waals surface area contributed by atoms with Gasteiger partial charge in [0.25, 0.3) is 5.91 Å². The number of nitrogens with one attached hydrogen (secondary N) is 1. The van der Waals surface area contributed by atoms with Crippen molar-refractivity contribution in [3.8, 4) is 5.75 Å². The molecule has 22 heavy (non-hydrogen) atoms. The molecule has 0 aliphatic carbocycles. The zero-order chi connectivity index (χ0) is 16.3. The number of halogens is 2. The molecule has 2 rings (SSSR count). The molecule has 1 heterocycles. The number of hydrogen-bond acceptors (Lipinski definition) is 5. The molecule has 3 N–H and O–H groups in total. The predicted molar refractivity (Wildman–Crippen MR) is 85.4 cm³/mol. The Bertz CT molecular complexity index is 722. The number of aromatic nitrogens is 2. The average Bonchev–Trinajstić information content (AvgIpc) is 2.45. The number of carbonyl (C=O) groups excluding carboxylic acids is 1. The maximum atomic E-state index is 12.0. The number of amides is 1. The Morgan fingerprint density at radius 1 is 1.36 bits per heavy atom. The van der Waals surface area contributed by atoms with E-state index in [0.717, 1.165) is 0 Å². The highest BCUT2D eigenvalue weighted by Crippen LogP contribution is 2.28. The van der Waals surface area contributed by atoms with Crippen LogP contribution in [-0.2, 0) is 6.61 Å². The summed E-state index contributed by atoms with van der Waals surface area (Å²) in [6.45, 7) is 1.71. The van der Waals surface area contributed by atoms with Gasteiger partial charge < -0.3 is 15.8 Å². The molecule has 1 aromatic heterocycles. The second-order valence-corrected chi connectivity index (χ2v) is 5.28. The lowest BCUT2D eigenvalue weighted by atomic mass is 10.1. The highest BCUT2D eigenvalue weighted by molar-refractivity contribution is 6.35. The number of carbonyl (C=O) groups is 1. The van der Waals surface area contributed by atoms with E-state index in [-0.39, 0.29) is 18.5 Å². The molecule has 0 unspecified atom stereocenters. The van der Waals surface area contributed by atoms with Crippen LogP contribution in [0.4, 0.5) is 5.95 Å². The molecule has 0 aliphatic rings. The number of nitrogens with two attached hydrogens (primary N) is 1.